The Kier molecular flexibility index (Phi) is 5.28. The summed E-state index contributed by atoms with van der Waals surface area (Å²) in [6.45, 7) is 8.99. The lowest BCUT2D eigenvalue weighted by molar-refractivity contribution is 0.0536. The van der Waals surface area contributed by atoms with Crippen LogP contribution >= 0.6 is 0 Å². The summed E-state index contributed by atoms with van der Waals surface area (Å²) in [7, 11) is 1.73. The Bertz CT molecular complexity index is 468. The molecule has 1 saturated heterocycles. The summed E-state index contributed by atoms with van der Waals surface area (Å²) >= 11 is 0. The molecule has 0 radical (unpaired) electrons. The molecule has 3 nitrogen and oxygen atoms in total. The highest BCUT2D eigenvalue weighted by Crippen LogP contribution is 2.38. The Hall–Kier alpha value is -1.06. The van der Waals surface area contributed by atoms with Gasteiger partial charge in [0.15, 0.2) is 0 Å². The molecule has 0 spiro atoms. The van der Waals surface area contributed by atoms with E-state index >= 15 is 0 Å². The van der Waals surface area contributed by atoms with Gasteiger partial charge >= 0.3 is 0 Å². The minimum Gasteiger partial charge on any atom is -0.496 e. The van der Waals surface area contributed by atoms with Gasteiger partial charge in [-0.2, -0.15) is 0 Å². The van der Waals surface area contributed by atoms with Gasteiger partial charge in [-0.1, -0.05) is 31.0 Å². The molecule has 1 aromatic carbocycles. The standard InChI is InChI=1S/C18H30N2O/c1-5-18(3,20-11-7-6-8-12-20)17(19)15-13-14(2)9-10-16(15)21-4/h9-10,13,17H,5-8,11-12,19H2,1-4H3. The van der Waals surface area contributed by atoms with E-state index in [4.69, 9.17) is 10.5 Å². The maximum Gasteiger partial charge on any atom is 0.123 e. The second kappa shape index (κ2) is 6.80. The van der Waals surface area contributed by atoms with Gasteiger partial charge in [0.2, 0.25) is 0 Å². The monoisotopic (exact) mass is 290 g/mol. The second-order valence-electron chi connectivity index (χ2n) is 6.48. The fourth-order valence-corrected chi connectivity index (χ4v) is 3.48. The highest BCUT2D eigenvalue weighted by molar-refractivity contribution is 5.40. The van der Waals surface area contributed by atoms with Gasteiger partial charge < -0.3 is 10.5 Å². The summed E-state index contributed by atoms with van der Waals surface area (Å²) in [5, 5.41) is 0. The molecular weight excluding hydrogens is 260 g/mol. The van der Waals surface area contributed by atoms with Gasteiger partial charge in [-0.25, -0.2) is 0 Å². The SMILES string of the molecule is CCC(C)(C(N)c1cc(C)ccc1OC)N1CCCCC1. The molecule has 21 heavy (non-hydrogen) atoms. The lowest BCUT2D eigenvalue weighted by Gasteiger charge is -2.47. The summed E-state index contributed by atoms with van der Waals surface area (Å²) in [5.41, 5.74) is 9.09. The van der Waals surface area contributed by atoms with Crippen molar-refractivity contribution >= 4 is 0 Å². The summed E-state index contributed by atoms with van der Waals surface area (Å²) in [5.74, 6) is 0.907. The van der Waals surface area contributed by atoms with Crippen molar-refractivity contribution in [3.8, 4) is 5.75 Å². The lowest BCUT2D eigenvalue weighted by Crippen LogP contribution is -2.54. The molecule has 1 fully saturated rings. The third-order valence-corrected chi connectivity index (χ3v) is 5.18. The summed E-state index contributed by atoms with van der Waals surface area (Å²) in [6.07, 6.45) is 4.96. The molecule has 0 saturated carbocycles. The third-order valence-electron chi connectivity index (χ3n) is 5.18. The van der Waals surface area contributed by atoms with Crippen LogP contribution in [0.25, 0.3) is 0 Å². The average Bonchev–Trinajstić information content (AvgIpc) is 2.54. The van der Waals surface area contributed by atoms with E-state index in [1.165, 1.54) is 24.8 Å². The van der Waals surface area contributed by atoms with Crippen LogP contribution in [0.5, 0.6) is 5.75 Å². The van der Waals surface area contributed by atoms with E-state index < -0.39 is 0 Å². The molecule has 2 N–H and O–H groups in total. The van der Waals surface area contributed by atoms with Crippen molar-refractivity contribution in [1.29, 1.82) is 0 Å². The predicted octanol–water partition coefficient (Wildman–Crippen LogP) is 3.66. The largest absolute Gasteiger partial charge is 0.496 e. The van der Waals surface area contributed by atoms with Crippen LogP contribution in [0, 0.1) is 6.92 Å². The number of benzene rings is 1. The minimum absolute atomic E-state index is 0.0124. The third kappa shape index (κ3) is 3.24. The Balaban J connectivity index is 2.34. The zero-order valence-electron chi connectivity index (χ0n) is 14.0. The summed E-state index contributed by atoms with van der Waals surface area (Å²) < 4.78 is 5.55. The fourth-order valence-electron chi connectivity index (χ4n) is 3.48. The van der Waals surface area contributed by atoms with Crippen molar-refractivity contribution in [1.82, 2.24) is 4.90 Å². The normalized spacial score (nSPS) is 20.8. The number of hydrogen-bond acceptors (Lipinski definition) is 3. The number of nitrogens with zero attached hydrogens (tertiary/aromatic N) is 1. The molecule has 1 aliphatic rings. The minimum atomic E-state index is -0.0320. The van der Waals surface area contributed by atoms with Gasteiger partial charge in [0.05, 0.1) is 13.2 Å². The van der Waals surface area contributed by atoms with E-state index in [1.807, 2.05) is 6.07 Å². The number of methoxy groups -OCH3 is 1. The molecule has 1 heterocycles. The van der Waals surface area contributed by atoms with Crippen LogP contribution < -0.4 is 10.5 Å². The zero-order chi connectivity index (χ0) is 15.5. The Morgan fingerprint density at radius 1 is 1.29 bits per heavy atom. The van der Waals surface area contributed by atoms with Gasteiger partial charge in [-0.15, -0.1) is 0 Å². The van der Waals surface area contributed by atoms with Gasteiger partial charge in [0, 0.05) is 11.1 Å². The molecule has 1 aromatic rings. The van der Waals surface area contributed by atoms with Crippen molar-refractivity contribution in [2.24, 2.45) is 5.73 Å². The maximum atomic E-state index is 6.74. The number of hydrogen-bond donors (Lipinski definition) is 1. The van der Waals surface area contributed by atoms with Crippen molar-refractivity contribution in [3.05, 3.63) is 29.3 Å². The van der Waals surface area contributed by atoms with Crippen LogP contribution in [0.1, 0.15) is 56.7 Å². The molecule has 2 atom stereocenters. The number of nitrogens with two attached hydrogens (primary N) is 1. The topological polar surface area (TPSA) is 38.5 Å². The Morgan fingerprint density at radius 2 is 1.95 bits per heavy atom. The molecular formula is C18H30N2O. The molecule has 3 heteroatoms. The van der Waals surface area contributed by atoms with Crippen LogP contribution in [-0.4, -0.2) is 30.6 Å². The fraction of sp³-hybridized carbons (Fsp3) is 0.667. The first kappa shape index (κ1) is 16.3. The number of likely N-dealkylation sites (tertiary alicyclic amines) is 1. The first-order valence-electron chi connectivity index (χ1n) is 8.18. The van der Waals surface area contributed by atoms with E-state index in [-0.39, 0.29) is 11.6 Å². The van der Waals surface area contributed by atoms with Crippen molar-refractivity contribution in [2.75, 3.05) is 20.2 Å². The molecule has 1 aliphatic heterocycles. The van der Waals surface area contributed by atoms with Crippen LogP contribution in [0.15, 0.2) is 18.2 Å². The first-order valence-corrected chi connectivity index (χ1v) is 8.18. The lowest BCUT2D eigenvalue weighted by atomic mass is 9.81. The molecule has 0 aliphatic carbocycles. The highest BCUT2D eigenvalue weighted by atomic mass is 16.5. The van der Waals surface area contributed by atoms with Crippen LogP contribution in [0.4, 0.5) is 0 Å². The van der Waals surface area contributed by atoms with Gasteiger partial charge in [-0.3, -0.25) is 4.90 Å². The number of aryl methyl sites for hydroxylation is 1. The Morgan fingerprint density at radius 3 is 2.52 bits per heavy atom. The number of ether oxygens (including phenoxy) is 1. The summed E-state index contributed by atoms with van der Waals surface area (Å²) in [4.78, 5) is 2.59. The van der Waals surface area contributed by atoms with Crippen molar-refractivity contribution in [3.63, 3.8) is 0 Å². The highest BCUT2D eigenvalue weighted by Gasteiger charge is 2.38. The van der Waals surface area contributed by atoms with Crippen LogP contribution in [0.2, 0.25) is 0 Å². The van der Waals surface area contributed by atoms with Crippen LogP contribution in [0.3, 0.4) is 0 Å². The van der Waals surface area contributed by atoms with E-state index in [0.717, 1.165) is 30.8 Å². The predicted molar refractivity (Wildman–Crippen MR) is 88.8 cm³/mol. The van der Waals surface area contributed by atoms with Crippen LogP contribution in [-0.2, 0) is 0 Å². The van der Waals surface area contributed by atoms with E-state index in [0.29, 0.717) is 0 Å². The average molecular weight is 290 g/mol. The number of rotatable bonds is 5. The van der Waals surface area contributed by atoms with Gasteiger partial charge in [-0.05, 0) is 52.3 Å². The van der Waals surface area contributed by atoms with Gasteiger partial charge in [0.25, 0.3) is 0 Å². The zero-order valence-corrected chi connectivity index (χ0v) is 14.0. The second-order valence-corrected chi connectivity index (χ2v) is 6.48. The molecule has 0 bridgehead atoms. The van der Waals surface area contributed by atoms with Crippen molar-refractivity contribution in [2.45, 2.75) is 58.0 Å². The van der Waals surface area contributed by atoms with Gasteiger partial charge in [0.1, 0.15) is 5.75 Å². The van der Waals surface area contributed by atoms with E-state index in [9.17, 15) is 0 Å². The Labute approximate surface area is 129 Å². The quantitative estimate of drug-likeness (QED) is 0.899. The molecule has 2 rings (SSSR count). The number of piperidine rings is 1. The molecule has 2 unspecified atom stereocenters. The van der Waals surface area contributed by atoms with E-state index in [1.54, 1.807) is 7.11 Å². The van der Waals surface area contributed by atoms with E-state index in [2.05, 4.69) is 37.8 Å². The molecule has 118 valence electrons. The summed E-state index contributed by atoms with van der Waals surface area (Å²) in [6, 6.07) is 6.27. The maximum absolute atomic E-state index is 6.74. The molecule has 0 amide bonds. The molecule has 0 aromatic heterocycles. The first-order chi connectivity index (χ1) is 10.0. The van der Waals surface area contributed by atoms with Crippen molar-refractivity contribution < 1.29 is 4.74 Å². The smallest absolute Gasteiger partial charge is 0.123 e.